The van der Waals surface area contributed by atoms with Crippen LogP contribution in [0.2, 0.25) is 0 Å². The van der Waals surface area contributed by atoms with Gasteiger partial charge in [0.15, 0.2) is 5.65 Å². The Morgan fingerprint density at radius 3 is 2.43 bits per heavy atom. The van der Waals surface area contributed by atoms with Crippen LogP contribution in [0.15, 0.2) is 11.0 Å². The number of aromatic nitrogens is 4. The van der Waals surface area contributed by atoms with Gasteiger partial charge in [-0.1, -0.05) is 12.8 Å². The van der Waals surface area contributed by atoms with Crippen LogP contribution in [0, 0.1) is 0 Å². The summed E-state index contributed by atoms with van der Waals surface area (Å²) in [6.07, 6.45) is 8.65. The predicted molar refractivity (Wildman–Crippen MR) is 110 cm³/mol. The molecule has 1 saturated heterocycles. The molecule has 160 valence electrons. The van der Waals surface area contributed by atoms with Crippen LogP contribution in [0.1, 0.15) is 57.4 Å². The standard InChI is InChI=1S/C20H27N7O3/c1-25-14-11-21-17(23-15(14)27(19(25)30)13-5-3-4-6-13)22-12-7-9-20(10-8-12)16(28)24-18(29)26(20)2/h11-13H,3-10H2,1-2H3,(H,21,22,23)(H,24,28,29). The van der Waals surface area contributed by atoms with Crippen LogP contribution < -0.4 is 16.3 Å². The van der Waals surface area contributed by atoms with E-state index in [9.17, 15) is 14.4 Å². The fourth-order valence-corrected chi connectivity index (χ4v) is 5.33. The van der Waals surface area contributed by atoms with Gasteiger partial charge in [-0.2, -0.15) is 4.98 Å². The van der Waals surface area contributed by atoms with Crippen molar-refractivity contribution in [3.63, 3.8) is 0 Å². The number of nitrogens with one attached hydrogen (secondary N) is 2. The highest BCUT2D eigenvalue weighted by molar-refractivity contribution is 6.06. The minimum Gasteiger partial charge on any atom is -0.351 e. The Balaban J connectivity index is 1.37. The largest absolute Gasteiger partial charge is 0.351 e. The van der Waals surface area contributed by atoms with Gasteiger partial charge in [0.05, 0.1) is 6.20 Å². The van der Waals surface area contributed by atoms with E-state index in [-0.39, 0.29) is 29.7 Å². The topological polar surface area (TPSA) is 114 Å². The van der Waals surface area contributed by atoms with Gasteiger partial charge in [0.25, 0.3) is 5.91 Å². The molecule has 1 spiro atoms. The first kappa shape index (κ1) is 19.1. The van der Waals surface area contributed by atoms with E-state index in [1.54, 1.807) is 29.8 Å². The Bertz CT molecular complexity index is 1070. The lowest BCUT2D eigenvalue weighted by Crippen LogP contribution is -2.51. The first-order chi connectivity index (χ1) is 14.4. The van der Waals surface area contributed by atoms with E-state index in [1.807, 2.05) is 4.57 Å². The van der Waals surface area contributed by atoms with E-state index in [2.05, 4.69) is 15.6 Å². The molecule has 3 fully saturated rings. The molecule has 0 atom stereocenters. The summed E-state index contributed by atoms with van der Waals surface area (Å²) in [4.78, 5) is 47.6. The SMILES string of the molecule is CN1C(=O)NC(=O)C12CCC(Nc1ncc3c(n1)n(C1CCCC1)c(=O)n3C)CC2. The van der Waals surface area contributed by atoms with Crippen LogP contribution in [-0.2, 0) is 11.8 Å². The van der Waals surface area contributed by atoms with E-state index in [0.29, 0.717) is 24.4 Å². The van der Waals surface area contributed by atoms with Crippen LogP contribution in [0.5, 0.6) is 0 Å². The molecule has 10 nitrogen and oxygen atoms in total. The van der Waals surface area contributed by atoms with E-state index in [4.69, 9.17) is 4.98 Å². The zero-order valence-corrected chi connectivity index (χ0v) is 17.3. The third-order valence-corrected chi connectivity index (χ3v) is 7.26. The lowest BCUT2D eigenvalue weighted by molar-refractivity contribution is -0.127. The van der Waals surface area contributed by atoms with Crippen LogP contribution in [0.4, 0.5) is 10.7 Å². The number of imidazole rings is 1. The number of fused-ring (bicyclic) bond motifs is 1. The Hall–Kier alpha value is -2.91. The molecule has 2 aromatic rings. The first-order valence-corrected chi connectivity index (χ1v) is 10.7. The van der Waals surface area contributed by atoms with Gasteiger partial charge in [-0.25, -0.2) is 14.6 Å². The number of aryl methyl sites for hydroxylation is 1. The van der Waals surface area contributed by atoms with Crippen molar-refractivity contribution in [3.05, 3.63) is 16.7 Å². The molecule has 5 rings (SSSR count). The Kier molecular flexibility index (Phi) is 4.33. The van der Waals surface area contributed by atoms with Crippen molar-refractivity contribution in [2.45, 2.75) is 69.0 Å². The molecule has 2 saturated carbocycles. The van der Waals surface area contributed by atoms with Crippen LogP contribution in [-0.4, -0.2) is 54.6 Å². The predicted octanol–water partition coefficient (Wildman–Crippen LogP) is 1.52. The number of amides is 3. The molecule has 3 heterocycles. The Morgan fingerprint density at radius 2 is 1.80 bits per heavy atom. The van der Waals surface area contributed by atoms with Crippen LogP contribution >= 0.6 is 0 Å². The van der Waals surface area contributed by atoms with Gasteiger partial charge in [-0.05, 0) is 38.5 Å². The van der Waals surface area contributed by atoms with Crippen molar-refractivity contribution in [1.29, 1.82) is 0 Å². The third-order valence-electron chi connectivity index (χ3n) is 7.26. The molecule has 3 amide bonds. The molecule has 0 aromatic carbocycles. The van der Waals surface area contributed by atoms with E-state index >= 15 is 0 Å². The number of hydrogen-bond donors (Lipinski definition) is 2. The number of likely N-dealkylation sites (N-methyl/N-ethyl adjacent to an activating group) is 1. The number of anilines is 1. The second-order valence-corrected chi connectivity index (χ2v) is 8.82. The lowest BCUT2D eigenvalue weighted by atomic mass is 9.78. The average molecular weight is 413 g/mol. The summed E-state index contributed by atoms with van der Waals surface area (Å²) >= 11 is 0. The molecule has 0 radical (unpaired) electrons. The van der Waals surface area contributed by atoms with Crippen LogP contribution in [0.3, 0.4) is 0 Å². The zero-order chi connectivity index (χ0) is 21.0. The maximum atomic E-state index is 12.8. The second kappa shape index (κ2) is 6.82. The second-order valence-electron chi connectivity index (χ2n) is 8.82. The van der Waals surface area contributed by atoms with Crippen molar-refractivity contribution >= 4 is 29.1 Å². The minimum absolute atomic E-state index is 0.0390. The molecule has 2 aromatic heterocycles. The lowest BCUT2D eigenvalue weighted by Gasteiger charge is -2.39. The van der Waals surface area contributed by atoms with Crippen LogP contribution in [0.25, 0.3) is 11.2 Å². The fraction of sp³-hybridized carbons (Fsp3) is 0.650. The number of urea groups is 1. The number of hydrogen-bond acceptors (Lipinski definition) is 6. The van der Waals surface area contributed by atoms with Crippen molar-refractivity contribution in [2.75, 3.05) is 12.4 Å². The molecule has 0 bridgehead atoms. The number of carbonyl (C=O) groups excluding carboxylic acids is 2. The molecule has 0 unspecified atom stereocenters. The monoisotopic (exact) mass is 413 g/mol. The highest BCUT2D eigenvalue weighted by Crippen LogP contribution is 2.37. The van der Waals surface area contributed by atoms with Crippen molar-refractivity contribution in [2.24, 2.45) is 7.05 Å². The number of carbonyl (C=O) groups is 2. The van der Waals surface area contributed by atoms with Crippen molar-refractivity contribution < 1.29 is 9.59 Å². The summed E-state index contributed by atoms with van der Waals surface area (Å²) in [5.74, 6) is 0.303. The number of imide groups is 1. The highest BCUT2D eigenvalue weighted by Gasteiger charge is 2.52. The zero-order valence-electron chi connectivity index (χ0n) is 17.3. The summed E-state index contributed by atoms with van der Waals surface area (Å²) in [5.41, 5.74) is 0.646. The van der Waals surface area contributed by atoms with E-state index in [1.165, 1.54) is 0 Å². The van der Waals surface area contributed by atoms with Gasteiger partial charge < -0.3 is 10.2 Å². The molecule has 30 heavy (non-hydrogen) atoms. The third kappa shape index (κ3) is 2.73. The minimum atomic E-state index is -0.734. The van der Waals surface area contributed by atoms with E-state index < -0.39 is 5.54 Å². The molecular formula is C20H27N7O3. The smallest absolute Gasteiger partial charge is 0.330 e. The molecule has 2 N–H and O–H groups in total. The first-order valence-electron chi connectivity index (χ1n) is 10.7. The summed E-state index contributed by atoms with van der Waals surface area (Å²) < 4.78 is 3.45. The molecule has 10 heteroatoms. The van der Waals surface area contributed by atoms with Gasteiger partial charge in [-0.15, -0.1) is 0 Å². The normalized spacial score (nSPS) is 27.4. The quantitative estimate of drug-likeness (QED) is 0.738. The summed E-state index contributed by atoms with van der Waals surface area (Å²) in [6.45, 7) is 0. The molecule has 2 aliphatic carbocycles. The van der Waals surface area contributed by atoms with Crippen molar-refractivity contribution in [1.82, 2.24) is 29.3 Å². The number of nitrogens with zero attached hydrogens (tertiary/aromatic N) is 5. The molecular weight excluding hydrogens is 386 g/mol. The highest BCUT2D eigenvalue weighted by atomic mass is 16.2. The van der Waals surface area contributed by atoms with Gasteiger partial charge >= 0.3 is 11.7 Å². The molecule has 1 aliphatic heterocycles. The molecule has 3 aliphatic rings. The summed E-state index contributed by atoms with van der Waals surface area (Å²) in [5, 5.41) is 5.81. The van der Waals surface area contributed by atoms with Gasteiger partial charge in [0, 0.05) is 26.2 Å². The van der Waals surface area contributed by atoms with Gasteiger partial charge in [0.1, 0.15) is 11.1 Å². The summed E-state index contributed by atoms with van der Waals surface area (Å²) in [7, 11) is 3.44. The van der Waals surface area contributed by atoms with Gasteiger partial charge in [0.2, 0.25) is 5.95 Å². The maximum absolute atomic E-state index is 12.8. The Labute approximate surface area is 173 Å². The maximum Gasteiger partial charge on any atom is 0.330 e. The average Bonchev–Trinajstić information content (AvgIpc) is 3.39. The van der Waals surface area contributed by atoms with Crippen molar-refractivity contribution in [3.8, 4) is 0 Å². The Morgan fingerprint density at radius 1 is 1.10 bits per heavy atom. The number of rotatable bonds is 3. The summed E-state index contributed by atoms with van der Waals surface area (Å²) in [6, 6.07) is -0.0121. The van der Waals surface area contributed by atoms with Gasteiger partial charge in [-0.3, -0.25) is 19.2 Å². The van der Waals surface area contributed by atoms with E-state index in [0.717, 1.165) is 44.0 Å². The fourth-order valence-electron chi connectivity index (χ4n) is 5.33.